The lowest BCUT2D eigenvalue weighted by molar-refractivity contribution is 0.507. The van der Waals surface area contributed by atoms with Crippen molar-refractivity contribution in [2.75, 3.05) is 0 Å². The second-order valence-corrected chi connectivity index (χ2v) is 23.2. The van der Waals surface area contributed by atoms with Gasteiger partial charge in [0.15, 0.2) is 11.6 Å². The Morgan fingerprint density at radius 1 is 0.403 bits per heavy atom. The average Bonchev–Trinajstić information content (AvgIpc) is 3.23. The minimum atomic E-state index is -0.796. The van der Waals surface area contributed by atoms with Gasteiger partial charge in [0.25, 0.3) is 0 Å². The summed E-state index contributed by atoms with van der Waals surface area (Å²) in [7, 11) is 0. The molecule has 0 N–H and O–H groups in total. The van der Waals surface area contributed by atoms with Crippen LogP contribution in [0, 0.1) is 68.9 Å². The van der Waals surface area contributed by atoms with E-state index in [1.807, 2.05) is 69.3 Å². The van der Waals surface area contributed by atoms with E-state index < -0.39 is 11.6 Å². The molecule has 2 unspecified atom stereocenters. The largest absolute Gasteiger partial charge is 0.203 e. The molecule has 2 atom stereocenters. The van der Waals surface area contributed by atoms with Crippen LogP contribution in [-0.4, -0.2) is 0 Å². The molecule has 5 aromatic rings. The first kappa shape index (κ1) is 56.2. The second-order valence-electron chi connectivity index (χ2n) is 23.2. The fourth-order valence-electron chi connectivity index (χ4n) is 7.45. The minimum Gasteiger partial charge on any atom is -0.203 e. The van der Waals surface area contributed by atoms with Crippen LogP contribution in [0.15, 0.2) is 151 Å². The van der Waals surface area contributed by atoms with E-state index in [2.05, 4.69) is 196 Å². The Morgan fingerprint density at radius 3 is 1.00 bits per heavy atom. The van der Waals surface area contributed by atoms with E-state index >= 15 is 0 Å². The van der Waals surface area contributed by atoms with E-state index in [1.54, 1.807) is 6.07 Å². The van der Waals surface area contributed by atoms with Crippen LogP contribution in [0.5, 0.6) is 0 Å². The molecule has 67 heavy (non-hydrogen) atoms. The van der Waals surface area contributed by atoms with Crippen LogP contribution in [0.1, 0.15) is 149 Å². The summed E-state index contributed by atoms with van der Waals surface area (Å²) in [6.07, 6.45) is 16.3. The van der Waals surface area contributed by atoms with Crippen LogP contribution in [-0.2, 0) is 10.8 Å². The number of benzene rings is 5. The summed E-state index contributed by atoms with van der Waals surface area (Å²) in [5, 5.41) is 0. The van der Waals surface area contributed by atoms with Crippen molar-refractivity contribution in [2.45, 2.75) is 155 Å². The maximum Gasteiger partial charge on any atom is 0.167 e. The van der Waals surface area contributed by atoms with E-state index in [0.717, 1.165) is 28.5 Å². The molecule has 0 aliphatic heterocycles. The van der Waals surface area contributed by atoms with E-state index in [0.29, 0.717) is 33.1 Å². The van der Waals surface area contributed by atoms with Crippen molar-refractivity contribution in [3.05, 3.63) is 201 Å². The fourth-order valence-corrected chi connectivity index (χ4v) is 7.45. The van der Waals surface area contributed by atoms with Gasteiger partial charge in [0, 0.05) is 11.1 Å². The third-order valence-electron chi connectivity index (χ3n) is 12.3. The fraction of sp³-hybridized carbons (Fsp3) is 0.415. The van der Waals surface area contributed by atoms with Gasteiger partial charge in [-0.05, 0) is 126 Å². The van der Waals surface area contributed by atoms with E-state index in [-0.39, 0.29) is 10.8 Å². The maximum atomic E-state index is 14.7. The van der Waals surface area contributed by atoms with Crippen LogP contribution in [0.25, 0.3) is 22.3 Å². The predicted molar refractivity (Wildman–Crippen MR) is 292 cm³/mol. The van der Waals surface area contributed by atoms with Crippen LogP contribution >= 0.6 is 0 Å². The molecule has 2 heteroatoms. The Hall–Kier alpha value is -5.08. The molecule has 0 nitrogen and oxygen atoms in total. The summed E-state index contributed by atoms with van der Waals surface area (Å²) in [4.78, 5) is 0. The molecule has 0 heterocycles. The van der Waals surface area contributed by atoms with Gasteiger partial charge in [-0.1, -0.05) is 253 Å². The van der Waals surface area contributed by atoms with Crippen LogP contribution in [0.4, 0.5) is 8.78 Å². The van der Waals surface area contributed by atoms with Crippen LogP contribution in [0.3, 0.4) is 0 Å². The van der Waals surface area contributed by atoms with Crippen LogP contribution in [0.2, 0.25) is 0 Å². The zero-order valence-electron chi connectivity index (χ0n) is 45.1. The van der Waals surface area contributed by atoms with Crippen molar-refractivity contribution in [3.8, 4) is 22.3 Å². The number of hydrogen-bond acceptors (Lipinski definition) is 0. The van der Waals surface area contributed by atoms with E-state index in [1.165, 1.54) is 46.2 Å². The van der Waals surface area contributed by atoms with Gasteiger partial charge in [0.1, 0.15) is 0 Å². The lowest BCUT2D eigenvalue weighted by Gasteiger charge is -2.23. The normalized spacial score (nSPS) is 15.8. The molecule has 0 amide bonds. The number of rotatable bonds is 2. The monoisotopic (exact) mass is 905 g/mol. The SMILES string of the molecule is CC1C=CC(C(C)(C)C)=CC1.CC1C=CC(C(C)(C)C)=CC1.Cc1ccc(-c2cc(C)c(-c3ccc(C)cc3)c(F)c2F)cc1.Cc1ccc(C(C)(C)C)cc1.Cc1ccc(C(C)(C)C)cc1. The Bertz CT molecular complexity index is 2320. The molecule has 2 aliphatic carbocycles. The van der Waals surface area contributed by atoms with Gasteiger partial charge in [-0.15, -0.1) is 0 Å². The molecule has 2 aliphatic rings. The van der Waals surface area contributed by atoms with Gasteiger partial charge in [-0.25, -0.2) is 8.78 Å². The number of aryl methyl sites for hydroxylation is 5. The Morgan fingerprint density at radius 2 is 0.716 bits per heavy atom. The number of allylic oxidation sites excluding steroid dienone is 8. The molecule has 7 rings (SSSR count). The van der Waals surface area contributed by atoms with E-state index in [9.17, 15) is 8.78 Å². The van der Waals surface area contributed by atoms with Gasteiger partial charge in [-0.3, -0.25) is 0 Å². The van der Waals surface area contributed by atoms with Crippen LogP contribution < -0.4 is 0 Å². The van der Waals surface area contributed by atoms with Crippen molar-refractivity contribution in [2.24, 2.45) is 22.7 Å². The third kappa shape index (κ3) is 18.5. The molecule has 0 aromatic heterocycles. The Labute approximate surface area is 408 Å². The van der Waals surface area contributed by atoms with Gasteiger partial charge in [0.2, 0.25) is 0 Å². The van der Waals surface area contributed by atoms with Crippen molar-refractivity contribution >= 4 is 0 Å². The van der Waals surface area contributed by atoms with E-state index in [4.69, 9.17) is 0 Å². The molecule has 0 saturated heterocycles. The second kappa shape index (κ2) is 24.3. The predicted octanol–water partition coefficient (Wildman–Crippen LogP) is 19.9. The summed E-state index contributed by atoms with van der Waals surface area (Å²) in [6, 6.07) is 34.1. The summed E-state index contributed by atoms with van der Waals surface area (Å²) in [5.41, 5.74) is 14.6. The Balaban J connectivity index is 0.000000234. The standard InChI is InChI=1S/C21H18F2.2C11H18.2C11H16/c1-13-4-8-16(9-5-13)18-12-15(3)19(21(23)20(18)22)17-10-6-14(2)7-11-17;4*1-9-5-7-10(8-6-9)11(2,3)4/h4-12H,1-3H3;2*5,7-9H,6H2,1-4H3;2*5-8H,1-4H3. The summed E-state index contributed by atoms with van der Waals surface area (Å²) in [6.45, 7) is 41.5. The number of halogens is 2. The quantitative estimate of drug-likeness (QED) is 0.166. The van der Waals surface area contributed by atoms with Crippen molar-refractivity contribution < 1.29 is 8.78 Å². The molecule has 0 spiro atoms. The molecule has 5 aromatic carbocycles. The minimum absolute atomic E-state index is 0.285. The zero-order chi connectivity index (χ0) is 50.5. The molecule has 0 bridgehead atoms. The van der Waals surface area contributed by atoms with Crippen molar-refractivity contribution in [1.82, 2.24) is 0 Å². The molecular weight excluding hydrogens is 819 g/mol. The van der Waals surface area contributed by atoms with Gasteiger partial charge < -0.3 is 0 Å². The van der Waals surface area contributed by atoms with Gasteiger partial charge >= 0.3 is 0 Å². The lowest BCUT2D eigenvalue weighted by atomic mass is 9.82. The lowest BCUT2D eigenvalue weighted by Crippen LogP contribution is -2.10. The van der Waals surface area contributed by atoms with Crippen molar-refractivity contribution in [1.29, 1.82) is 0 Å². The smallest absolute Gasteiger partial charge is 0.167 e. The first-order valence-corrected chi connectivity index (χ1v) is 24.5. The highest BCUT2D eigenvalue weighted by Gasteiger charge is 2.20. The molecule has 0 saturated carbocycles. The maximum absolute atomic E-state index is 14.7. The summed E-state index contributed by atoms with van der Waals surface area (Å²) < 4.78 is 29.3. The highest BCUT2D eigenvalue weighted by Crippen LogP contribution is 2.35. The summed E-state index contributed by atoms with van der Waals surface area (Å²) in [5.74, 6) is -0.110. The summed E-state index contributed by atoms with van der Waals surface area (Å²) >= 11 is 0. The highest BCUT2D eigenvalue weighted by molar-refractivity contribution is 5.75. The molecule has 0 radical (unpaired) electrons. The molecular formula is C65H86F2. The first-order chi connectivity index (χ1) is 31.0. The Kier molecular flexibility index (Phi) is 20.4. The zero-order valence-corrected chi connectivity index (χ0v) is 45.1. The highest BCUT2D eigenvalue weighted by atomic mass is 19.2. The van der Waals surface area contributed by atoms with Gasteiger partial charge in [0.05, 0.1) is 0 Å². The van der Waals surface area contributed by atoms with Crippen molar-refractivity contribution in [3.63, 3.8) is 0 Å². The average molecular weight is 905 g/mol. The number of hydrogen-bond donors (Lipinski definition) is 0. The third-order valence-corrected chi connectivity index (χ3v) is 12.3. The first-order valence-electron chi connectivity index (χ1n) is 24.5. The molecule has 0 fully saturated rings. The molecule has 360 valence electrons. The van der Waals surface area contributed by atoms with Gasteiger partial charge in [-0.2, -0.15) is 0 Å². The topological polar surface area (TPSA) is 0 Å².